The van der Waals surface area contributed by atoms with E-state index in [2.05, 4.69) is 5.32 Å². The highest BCUT2D eigenvalue weighted by Crippen LogP contribution is 2.21. The second-order valence-electron chi connectivity index (χ2n) is 5.07. The summed E-state index contributed by atoms with van der Waals surface area (Å²) in [6, 6.07) is 4.41. The summed E-state index contributed by atoms with van der Waals surface area (Å²) in [4.78, 5) is 12.1. The number of carbonyl (C=O) groups is 1. The third-order valence-corrected chi connectivity index (χ3v) is 3.44. The topological polar surface area (TPSA) is 64.3 Å². The van der Waals surface area contributed by atoms with Gasteiger partial charge in [0.1, 0.15) is 11.6 Å². The Morgan fingerprint density at radius 3 is 2.62 bits per heavy atom. The van der Waals surface area contributed by atoms with Gasteiger partial charge in [0.25, 0.3) is 5.91 Å². The van der Waals surface area contributed by atoms with Crippen molar-refractivity contribution >= 4 is 5.91 Å². The van der Waals surface area contributed by atoms with Crippen LogP contribution in [0.25, 0.3) is 0 Å². The number of benzene rings is 1. The molecular weight excluding hydrogens is 271 g/mol. The lowest BCUT2D eigenvalue weighted by atomic mass is 10.1. The predicted octanol–water partition coefficient (Wildman–Crippen LogP) is 2.40. The van der Waals surface area contributed by atoms with Crippen LogP contribution in [0.2, 0.25) is 0 Å². The van der Waals surface area contributed by atoms with Gasteiger partial charge in [-0.2, -0.15) is 0 Å². The van der Waals surface area contributed by atoms with Crippen molar-refractivity contribution in [2.75, 3.05) is 6.54 Å². The largest absolute Gasteiger partial charge is 0.481 e. The molecule has 0 fully saturated rings. The highest BCUT2D eigenvalue weighted by Gasteiger charge is 2.18. The average Bonchev–Trinajstić information content (AvgIpc) is 2.47. The quantitative estimate of drug-likeness (QED) is 0.774. The maximum atomic E-state index is 13.3. The van der Waals surface area contributed by atoms with Gasteiger partial charge in [0.15, 0.2) is 6.10 Å². The minimum absolute atomic E-state index is 0.153. The number of hydrogen-bond donors (Lipinski definition) is 2. The highest BCUT2D eigenvalue weighted by molar-refractivity contribution is 5.81. The summed E-state index contributed by atoms with van der Waals surface area (Å²) < 4.78 is 18.9. The van der Waals surface area contributed by atoms with Gasteiger partial charge in [0, 0.05) is 6.04 Å². The molecule has 1 amide bonds. The first-order chi connectivity index (χ1) is 10.0. The number of amides is 1. The predicted molar refractivity (Wildman–Crippen MR) is 81.8 cm³/mol. The summed E-state index contributed by atoms with van der Waals surface area (Å²) in [5, 5.41) is 2.94. The zero-order valence-electron chi connectivity index (χ0n) is 13.0. The number of nitrogens with one attached hydrogen (secondary N) is 1. The fourth-order valence-corrected chi connectivity index (χ4v) is 2.07. The van der Waals surface area contributed by atoms with Gasteiger partial charge >= 0.3 is 0 Å². The van der Waals surface area contributed by atoms with Gasteiger partial charge in [-0.15, -0.1) is 0 Å². The molecule has 0 aliphatic rings. The van der Waals surface area contributed by atoms with E-state index in [4.69, 9.17) is 10.5 Å². The van der Waals surface area contributed by atoms with E-state index in [9.17, 15) is 9.18 Å². The zero-order chi connectivity index (χ0) is 15.8. The maximum Gasteiger partial charge on any atom is 0.260 e. The van der Waals surface area contributed by atoms with E-state index >= 15 is 0 Å². The lowest BCUT2D eigenvalue weighted by Gasteiger charge is -2.20. The summed E-state index contributed by atoms with van der Waals surface area (Å²) in [7, 11) is 0. The highest BCUT2D eigenvalue weighted by atomic mass is 19.1. The van der Waals surface area contributed by atoms with E-state index in [0.29, 0.717) is 24.3 Å². The average molecular weight is 296 g/mol. The zero-order valence-corrected chi connectivity index (χ0v) is 13.0. The van der Waals surface area contributed by atoms with Crippen LogP contribution in [0, 0.1) is 5.82 Å². The molecule has 0 aromatic heterocycles. The number of hydrogen-bond acceptors (Lipinski definition) is 3. The summed E-state index contributed by atoms with van der Waals surface area (Å²) in [5.41, 5.74) is 6.20. The second kappa shape index (κ2) is 8.62. The van der Waals surface area contributed by atoms with Gasteiger partial charge in [0.2, 0.25) is 0 Å². The minimum atomic E-state index is -0.632. The molecule has 1 aromatic carbocycles. The minimum Gasteiger partial charge on any atom is -0.481 e. The fourth-order valence-electron chi connectivity index (χ4n) is 2.07. The Labute approximate surface area is 125 Å². The molecule has 0 saturated carbocycles. The first-order valence-electron chi connectivity index (χ1n) is 7.47. The molecule has 0 bridgehead atoms. The molecule has 0 heterocycles. The molecule has 0 aliphatic heterocycles. The van der Waals surface area contributed by atoms with E-state index in [-0.39, 0.29) is 17.8 Å². The molecule has 1 atom stereocenters. The molecule has 0 aliphatic carbocycles. The Morgan fingerprint density at radius 2 is 2.05 bits per heavy atom. The van der Waals surface area contributed by atoms with Crippen molar-refractivity contribution in [3.05, 3.63) is 29.6 Å². The van der Waals surface area contributed by atoms with E-state index < -0.39 is 6.10 Å². The first kappa shape index (κ1) is 17.4. The molecule has 3 N–H and O–H groups in total. The van der Waals surface area contributed by atoms with Gasteiger partial charge in [-0.05, 0) is 56.5 Å². The first-order valence-corrected chi connectivity index (χ1v) is 7.47. The normalized spacial score (nSPS) is 12.3. The molecule has 0 spiro atoms. The van der Waals surface area contributed by atoms with Crippen LogP contribution in [-0.4, -0.2) is 24.6 Å². The molecule has 5 heteroatoms. The Balaban J connectivity index is 2.73. The fraction of sp³-hybridized carbons (Fsp3) is 0.562. The van der Waals surface area contributed by atoms with Crippen molar-refractivity contribution in [1.82, 2.24) is 5.32 Å². The summed E-state index contributed by atoms with van der Waals surface area (Å²) >= 11 is 0. The lowest BCUT2D eigenvalue weighted by molar-refractivity contribution is -0.128. The third-order valence-electron chi connectivity index (χ3n) is 3.44. The summed E-state index contributed by atoms with van der Waals surface area (Å²) in [6.07, 6.45) is 1.63. The summed E-state index contributed by atoms with van der Waals surface area (Å²) in [6.45, 7) is 6.14. The van der Waals surface area contributed by atoms with Gasteiger partial charge < -0.3 is 15.8 Å². The molecule has 21 heavy (non-hydrogen) atoms. The third kappa shape index (κ3) is 5.34. The Hall–Kier alpha value is -1.62. The van der Waals surface area contributed by atoms with Crippen molar-refractivity contribution in [3.63, 3.8) is 0 Å². The van der Waals surface area contributed by atoms with Crippen LogP contribution < -0.4 is 15.8 Å². The molecule has 1 rings (SSSR count). The standard InChI is InChI=1S/C16H25FN2O2/c1-4-14(5-2)19-16(20)11(3)21-15-7-6-13(17)10-12(15)8-9-18/h6-7,10-11,14H,4-5,8-9,18H2,1-3H3,(H,19,20). The number of nitrogens with two attached hydrogens (primary N) is 1. The number of carbonyl (C=O) groups excluding carboxylic acids is 1. The van der Waals surface area contributed by atoms with Crippen LogP contribution in [0.4, 0.5) is 4.39 Å². The van der Waals surface area contributed by atoms with Crippen molar-refractivity contribution in [2.45, 2.75) is 52.2 Å². The SMILES string of the molecule is CCC(CC)NC(=O)C(C)Oc1ccc(F)cc1CCN. The van der Waals surface area contributed by atoms with Crippen molar-refractivity contribution in [1.29, 1.82) is 0 Å². The van der Waals surface area contributed by atoms with Gasteiger partial charge in [0.05, 0.1) is 0 Å². The van der Waals surface area contributed by atoms with Crippen LogP contribution in [0.1, 0.15) is 39.2 Å². The smallest absolute Gasteiger partial charge is 0.260 e. The van der Waals surface area contributed by atoms with E-state index in [0.717, 1.165) is 12.8 Å². The van der Waals surface area contributed by atoms with Gasteiger partial charge in [-0.25, -0.2) is 4.39 Å². The molecule has 1 aromatic rings. The number of halogens is 1. The van der Waals surface area contributed by atoms with Crippen molar-refractivity contribution < 1.29 is 13.9 Å². The van der Waals surface area contributed by atoms with Crippen molar-refractivity contribution in [2.24, 2.45) is 5.73 Å². The van der Waals surface area contributed by atoms with Crippen molar-refractivity contribution in [3.8, 4) is 5.75 Å². The van der Waals surface area contributed by atoms with Crippen LogP contribution in [0.3, 0.4) is 0 Å². The Bertz CT molecular complexity index is 462. The number of rotatable bonds is 8. The van der Waals surface area contributed by atoms with Gasteiger partial charge in [-0.1, -0.05) is 13.8 Å². The molecule has 0 radical (unpaired) electrons. The molecule has 118 valence electrons. The number of ether oxygens (including phenoxy) is 1. The monoisotopic (exact) mass is 296 g/mol. The molecule has 4 nitrogen and oxygen atoms in total. The lowest BCUT2D eigenvalue weighted by Crippen LogP contribution is -2.42. The van der Waals surface area contributed by atoms with E-state index in [1.807, 2.05) is 13.8 Å². The van der Waals surface area contributed by atoms with Crippen LogP contribution in [0.15, 0.2) is 18.2 Å². The van der Waals surface area contributed by atoms with E-state index in [1.54, 1.807) is 13.0 Å². The molecule has 1 unspecified atom stereocenters. The molecular formula is C16H25FN2O2. The van der Waals surface area contributed by atoms with Gasteiger partial charge in [-0.3, -0.25) is 4.79 Å². The maximum absolute atomic E-state index is 13.3. The Kier molecular flexibility index (Phi) is 7.15. The Morgan fingerprint density at radius 1 is 1.38 bits per heavy atom. The second-order valence-corrected chi connectivity index (χ2v) is 5.07. The van der Waals surface area contributed by atoms with E-state index in [1.165, 1.54) is 12.1 Å². The summed E-state index contributed by atoms with van der Waals surface area (Å²) in [5.74, 6) is 0.0145. The van der Waals surface area contributed by atoms with Crippen LogP contribution in [0.5, 0.6) is 5.75 Å². The van der Waals surface area contributed by atoms with Crippen LogP contribution in [-0.2, 0) is 11.2 Å². The molecule has 0 saturated heterocycles. The van der Waals surface area contributed by atoms with Crippen LogP contribution >= 0.6 is 0 Å².